The minimum absolute atomic E-state index is 0.109. The van der Waals surface area contributed by atoms with E-state index in [1.165, 1.54) is 11.0 Å². The van der Waals surface area contributed by atoms with Crippen LogP contribution in [-0.4, -0.2) is 50.2 Å². The molecule has 3 N–H and O–H groups in total. The van der Waals surface area contributed by atoms with Gasteiger partial charge in [-0.2, -0.15) is 0 Å². The molecule has 2 saturated heterocycles. The molecule has 9 heteroatoms. The molecule has 8 nitrogen and oxygen atoms in total. The number of rotatable bonds is 7. The summed E-state index contributed by atoms with van der Waals surface area (Å²) in [5.74, 6) is -0.758. The van der Waals surface area contributed by atoms with Gasteiger partial charge in [0.2, 0.25) is 11.8 Å². The molecule has 2 aliphatic heterocycles. The Morgan fingerprint density at radius 2 is 2.00 bits per heavy atom. The van der Waals surface area contributed by atoms with Gasteiger partial charge in [0.1, 0.15) is 18.0 Å². The molecule has 0 saturated carbocycles. The van der Waals surface area contributed by atoms with Gasteiger partial charge in [-0.25, -0.2) is 9.18 Å². The number of carbonyl (C=O) groups is 3. The van der Waals surface area contributed by atoms with Crippen LogP contribution in [0.3, 0.4) is 0 Å². The molecule has 3 amide bonds. The molecule has 2 aromatic rings. The second-order valence-corrected chi connectivity index (χ2v) is 7.91. The summed E-state index contributed by atoms with van der Waals surface area (Å²) in [6.45, 7) is 1.21. The zero-order chi connectivity index (χ0) is 22.7. The van der Waals surface area contributed by atoms with Crippen LogP contribution in [0.25, 0.3) is 11.1 Å². The summed E-state index contributed by atoms with van der Waals surface area (Å²) in [6, 6.07) is 11.4. The minimum atomic E-state index is -0.485. The van der Waals surface area contributed by atoms with E-state index in [4.69, 9.17) is 4.74 Å². The van der Waals surface area contributed by atoms with Gasteiger partial charge in [-0.15, -0.1) is 0 Å². The Hall–Kier alpha value is -3.46. The number of carbonyl (C=O) groups excluding carboxylic acids is 3. The van der Waals surface area contributed by atoms with Crippen molar-refractivity contribution >= 4 is 23.6 Å². The number of anilines is 1. The third-order valence-electron chi connectivity index (χ3n) is 5.61. The van der Waals surface area contributed by atoms with Gasteiger partial charge >= 0.3 is 6.09 Å². The molecule has 0 aliphatic carbocycles. The highest BCUT2D eigenvalue weighted by Crippen LogP contribution is 2.29. The van der Waals surface area contributed by atoms with Crippen molar-refractivity contribution in [2.45, 2.75) is 31.5 Å². The number of cyclic esters (lactones) is 1. The Morgan fingerprint density at radius 3 is 2.66 bits per heavy atom. The second-order valence-electron chi connectivity index (χ2n) is 7.91. The molecule has 168 valence electrons. The summed E-state index contributed by atoms with van der Waals surface area (Å²) in [5, 5.41) is 8.40. The van der Waals surface area contributed by atoms with Crippen molar-refractivity contribution in [1.29, 1.82) is 0 Å². The van der Waals surface area contributed by atoms with Gasteiger partial charge in [-0.1, -0.05) is 24.3 Å². The Morgan fingerprint density at radius 1 is 1.22 bits per heavy atom. The highest BCUT2D eigenvalue weighted by molar-refractivity contribution is 5.91. The Balaban J connectivity index is 1.39. The highest BCUT2D eigenvalue weighted by atomic mass is 19.1. The lowest BCUT2D eigenvalue weighted by atomic mass is 10.0. The molecule has 0 bridgehead atoms. The van der Waals surface area contributed by atoms with Crippen LogP contribution in [-0.2, 0) is 20.9 Å². The normalized spacial score (nSPS) is 20.2. The lowest BCUT2D eigenvalue weighted by Crippen LogP contribution is -2.41. The Bertz CT molecular complexity index is 1030. The van der Waals surface area contributed by atoms with Crippen LogP contribution < -0.4 is 20.9 Å². The molecule has 2 aromatic carbocycles. The maximum absolute atomic E-state index is 14.8. The summed E-state index contributed by atoms with van der Waals surface area (Å²) < 4.78 is 20.1. The van der Waals surface area contributed by atoms with Crippen molar-refractivity contribution < 1.29 is 23.5 Å². The van der Waals surface area contributed by atoms with Crippen LogP contribution in [0.5, 0.6) is 0 Å². The fourth-order valence-corrected chi connectivity index (χ4v) is 3.90. The van der Waals surface area contributed by atoms with Gasteiger partial charge in [0.25, 0.3) is 0 Å². The Labute approximate surface area is 185 Å². The molecule has 2 atom stereocenters. The van der Waals surface area contributed by atoms with E-state index in [9.17, 15) is 18.8 Å². The monoisotopic (exact) mass is 440 g/mol. The quantitative estimate of drug-likeness (QED) is 0.611. The van der Waals surface area contributed by atoms with Gasteiger partial charge in [0.15, 0.2) is 0 Å². The maximum atomic E-state index is 14.8. The molecular formula is C23H25FN4O4. The first-order chi connectivity index (χ1) is 15.4. The van der Waals surface area contributed by atoms with E-state index in [1.807, 2.05) is 12.1 Å². The maximum Gasteiger partial charge on any atom is 0.414 e. The number of halogens is 1. The van der Waals surface area contributed by atoms with E-state index in [0.29, 0.717) is 49.3 Å². The largest absolute Gasteiger partial charge is 0.443 e. The lowest BCUT2D eigenvalue weighted by Gasteiger charge is -2.15. The van der Waals surface area contributed by atoms with Gasteiger partial charge in [-0.3, -0.25) is 14.5 Å². The number of hydrogen-bond donors (Lipinski definition) is 3. The van der Waals surface area contributed by atoms with Crippen LogP contribution in [0.2, 0.25) is 0 Å². The standard InChI is InChI=1S/C23H25FN4O4/c1-25-12-17-13-28(23(31)32-17)16-6-7-18(19(24)10-16)15-4-2-14(3-5-15)11-26-22(30)20-8-9-21(29)27-20/h2-7,10,17,20,25H,8-9,11-13H2,1H3,(H,26,30)(H,27,29). The summed E-state index contributed by atoms with van der Waals surface area (Å²) in [6.07, 6.45) is 0.116. The van der Waals surface area contributed by atoms with E-state index in [2.05, 4.69) is 16.0 Å². The van der Waals surface area contributed by atoms with Crippen molar-refractivity contribution in [2.75, 3.05) is 25.0 Å². The number of nitrogens with one attached hydrogen (secondary N) is 3. The Kier molecular flexibility index (Phi) is 6.36. The molecule has 0 aromatic heterocycles. The summed E-state index contributed by atoms with van der Waals surface area (Å²) >= 11 is 0. The van der Waals surface area contributed by atoms with Crippen molar-refractivity contribution in [3.05, 3.63) is 53.8 Å². The van der Waals surface area contributed by atoms with Gasteiger partial charge in [0, 0.05) is 25.1 Å². The molecule has 2 heterocycles. The summed E-state index contributed by atoms with van der Waals surface area (Å²) in [4.78, 5) is 36.8. The topological polar surface area (TPSA) is 99.8 Å². The van der Waals surface area contributed by atoms with Crippen molar-refractivity contribution in [3.63, 3.8) is 0 Å². The fraction of sp³-hybridized carbons (Fsp3) is 0.348. The molecule has 2 fully saturated rings. The SMILES string of the molecule is CNCC1CN(c2ccc(-c3ccc(CNC(=O)C4CCC(=O)N4)cc3)c(F)c2)C(=O)O1. The highest BCUT2D eigenvalue weighted by Gasteiger charge is 2.32. The molecule has 32 heavy (non-hydrogen) atoms. The number of benzene rings is 2. The third-order valence-corrected chi connectivity index (χ3v) is 5.61. The van der Waals surface area contributed by atoms with Gasteiger partial charge in [-0.05, 0) is 42.8 Å². The fourth-order valence-electron chi connectivity index (χ4n) is 3.90. The zero-order valence-electron chi connectivity index (χ0n) is 17.7. The average Bonchev–Trinajstić information content (AvgIpc) is 3.38. The van der Waals surface area contributed by atoms with Crippen LogP contribution >= 0.6 is 0 Å². The number of hydrogen-bond acceptors (Lipinski definition) is 5. The number of ether oxygens (including phenoxy) is 1. The number of nitrogens with zero attached hydrogens (tertiary/aromatic N) is 1. The number of likely N-dealkylation sites (N-methyl/N-ethyl adjacent to an activating group) is 1. The van der Waals surface area contributed by atoms with Gasteiger partial charge < -0.3 is 20.7 Å². The lowest BCUT2D eigenvalue weighted by molar-refractivity contribution is -0.125. The smallest absolute Gasteiger partial charge is 0.414 e. The van der Waals surface area contributed by atoms with Crippen LogP contribution in [0.1, 0.15) is 18.4 Å². The van der Waals surface area contributed by atoms with E-state index in [0.717, 1.165) is 5.56 Å². The summed E-state index contributed by atoms with van der Waals surface area (Å²) in [7, 11) is 1.78. The first-order valence-electron chi connectivity index (χ1n) is 10.5. The molecule has 2 aliphatic rings. The molecule has 2 unspecified atom stereocenters. The van der Waals surface area contributed by atoms with Crippen LogP contribution in [0.4, 0.5) is 14.9 Å². The van der Waals surface area contributed by atoms with E-state index in [1.54, 1.807) is 31.3 Å². The summed E-state index contributed by atoms with van der Waals surface area (Å²) in [5.41, 5.74) is 2.41. The molecule has 0 spiro atoms. The second kappa shape index (κ2) is 9.35. The molecule has 0 radical (unpaired) electrons. The first-order valence-corrected chi connectivity index (χ1v) is 10.5. The van der Waals surface area contributed by atoms with Crippen LogP contribution in [0, 0.1) is 5.82 Å². The first kappa shape index (κ1) is 21.8. The zero-order valence-corrected chi connectivity index (χ0v) is 17.7. The van der Waals surface area contributed by atoms with Crippen molar-refractivity contribution in [1.82, 2.24) is 16.0 Å². The van der Waals surface area contributed by atoms with E-state index >= 15 is 0 Å². The third kappa shape index (κ3) is 4.72. The minimum Gasteiger partial charge on any atom is -0.443 e. The predicted molar refractivity (Wildman–Crippen MR) is 116 cm³/mol. The van der Waals surface area contributed by atoms with Crippen molar-refractivity contribution in [3.8, 4) is 11.1 Å². The number of amides is 3. The molecular weight excluding hydrogens is 415 g/mol. The van der Waals surface area contributed by atoms with E-state index in [-0.39, 0.29) is 17.9 Å². The molecule has 4 rings (SSSR count). The van der Waals surface area contributed by atoms with Crippen molar-refractivity contribution in [2.24, 2.45) is 0 Å². The van der Waals surface area contributed by atoms with E-state index < -0.39 is 18.0 Å². The predicted octanol–water partition coefficient (Wildman–Crippen LogP) is 1.93. The van der Waals surface area contributed by atoms with Gasteiger partial charge in [0.05, 0.1) is 12.2 Å². The van der Waals surface area contributed by atoms with Crippen LogP contribution in [0.15, 0.2) is 42.5 Å². The average molecular weight is 440 g/mol.